The average Bonchev–Trinajstić information content (AvgIpc) is 3.10. The van der Waals surface area contributed by atoms with Crippen LogP contribution < -0.4 is 20.7 Å². The maximum absolute atomic E-state index is 14.7. The van der Waals surface area contributed by atoms with Crippen LogP contribution in [0.2, 0.25) is 10.1 Å². The number of carbonyl (C=O) groups is 1. The van der Waals surface area contributed by atoms with Gasteiger partial charge < -0.3 is 8.85 Å². The molecule has 0 aromatic heterocycles. The van der Waals surface area contributed by atoms with Gasteiger partial charge in [-0.2, -0.15) is 0 Å². The second-order valence-electron chi connectivity index (χ2n) is 16.3. The number of Topliss-reactive ketones (excluding diaryl/α,β-unsaturated/α-hetero) is 1. The number of fused-ring (bicyclic) bond motifs is 1. The van der Waals surface area contributed by atoms with E-state index in [1.807, 2.05) is 0 Å². The minimum Gasteiger partial charge on any atom is -0.407 e. The van der Waals surface area contributed by atoms with E-state index in [4.69, 9.17) is 8.85 Å². The Labute approximate surface area is 297 Å². The molecular formula is C44H54O3Si2. The standard InChI is InChI=1S/C44H54O3Si2/c1-43(2,3)48(36-22-11-7-12-23-36,37-24-13-8-14-25-37)46-32-35-31-34-21-19-20-30-40(34)42(45)41(35)33-47-49(44(4,5)6,38-26-15-9-16-27-38)39-28-17-10-18-29-39/h7-20,22-29,34-35,40-41H,21,30-33H2,1-6H3/t34-,35+,40-,41+/m0/s1. The second kappa shape index (κ2) is 14.5. The van der Waals surface area contributed by atoms with Crippen molar-refractivity contribution in [2.24, 2.45) is 23.7 Å². The lowest BCUT2D eigenvalue weighted by Crippen LogP contribution is -2.68. The fourth-order valence-corrected chi connectivity index (χ4v) is 18.1. The summed E-state index contributed by atoms with van der Waals surface area (Å²) < 4.78 is 15.1. The molecule has 3 nitrogen and oxygen atoms in total. The number of hydrogen-bond acceptors (Lipinski definition) is 3. The molecule has 0 spiro atoms. The maximum Gasteiger partial charge on any atom is 0.261 e. The van der Waals surface area contributed by atoms with Gasteiger partial charge in [0, 0.05) is 25.0 Å². The van der Waals surface area contributed by atoms with Gasteiger partial charge in [0.2, 0.25) is 0 Å². The smallest absolute Gasteiger partial charge is 0.261 e. The van der Waals surface area contributed by atoms with E-state index in [-0.39, 0.29) is 27.8 Å². The highest BCUT2D eigenvalue weighted by Gasteiger charge is 2.54. The highest BCUT2D eigenvalue weighted by Crippen LogP contribution is 2.45. The maximum atomic E-state index is 14.7. The van der Waals surface area contributed by atoms with Crippen molar-refractivity contribution < 1.29 is 13.6 Å². The molecule has 2 aliphatic carbocycles. The van der Waals surface area contributed by atoms with Crippen LogP contribution in [-0.4, -0.2) is 35.6 Å². The zero-order chi connectivity index (χ0) is 34.7. The van der Waals surface area contributed by atoms with E-state index in [0.29, 0.717) is 24.9 Å². The van der Waals surface area contributed by atoms with Crippen molar-refractivity contribution >= 4 is 43.2 Å². The number of hydrogen-bond donors (Lipinski definition) is 0. The highest BCUT2D eigenvalue weighted by atomic mass is 28.4. The van der Waals surface area contributed by atoms with Crippen LogP contribution in [0.25, 0.3) is 0 Å². The Morgan fingerprint density at radius 2 is 0.918 bits per heavy atom. The number of rotatable bonds is 10. The van der Waals surface area contributed by atoms with Gasteiger partial charge >= 0.3 is 0 Å². The molecule has 2 aliphatic rings. The summed E-state index contributed by atoms with van der Waals surface area (Å²) in [6, 6.07) is 43.3. The number of ketones is 1. The molecule has 1 fully saturated rings. The first-order valence-corrected chi connectivity index (χ1v) is 22.0. The lowest BCUT2D eigenvalue weighted by Gasteiger charge is -2.48. The van der Waals surface area contributed by atoms with Crippen LogP contribution >= 0.6 is 0 Å². The Kier molecular flexibility index (Phi) is 10.5. The van der Waals surface area contributed by atoms with E-state index in [1.165, 1.54) is 20.7 Å². The normalized spacial score (nSPS) is 21.7. The van der Waals surface area contributed by atoms with Gasteiger partial charge in [-0.3, -0.25) is 4.79 Å². The van der Waals surface area contributed by atoms with E-state index >= 15 is 0 Å². The van der Waals surface area contributed by atoms with Gasteiger partial charge in [0.05, 0.1) is 0 Å². The summed E-state index contributed by atoms with van der Waals surface area (Å²) in [4.78, 5) is 14.7. The Balaban J connectivity index is 1.41. The van der Waals surface area contributed by atoms with Gasteiger partial charge in [-0.25, -0.2) is 0 Å². The third kappa shape index (κ3) is 6.75. The summed E-state index contributed by atoms with van der Waals surface area (Å²) in [5.41, 5.74) is 0. The zero-order valence-electron chi connectivity index (χ0n) is 30.3. The molecule has 0 unspecified atom stereocenters. The second-order valence-corrected chi connectivity index (χ2v) is 24.9. The predicted octanol–water partition coefficient (Wildman–Crippen LogP) is 7.93. The van der Waals surface area contributed by atoms with Gasteiger partial charge in [-0.1, -0.05) is 175 Å². The minimum atomic E-state index is -2.83. The van der Waals surface area contributed by atoms with Gasteiger partial charge in [0.1, 0.15) is 5.78 Å². The van der Waals surface area contributed by atoms with Gasteiger partial charge in [-0.05, 0) is 61.9 Å². The van der Waals surface area contributed by atoms with Crippen LogP contribution in [-0.2, 0) is 13.6 Å². The van der Waals surface area contributed by atoms with Gasteiger partial charge in [0.15, 0.2) is 0 Å². The number of allylic oxidation sites excluding steroid dienone is 2. The molecule has 0 N–H and O–H groups in total. The van der Waals surface area contributed by atoms with Crippen molar-refractivity contribution in [2.75, 3.05) is 13.2 Å². The summed E-state index contributed by atoms with van der Waals surface area (Å²) in [6.07, 6.45) is 7.29. The molecule has 0 heterocycles. The molecule has 0 amide bonds. The SMILES string of the molecule is CC(C)(C)[Si](OC[C@H]1C[C@@H]2CC=CC[C@@H]2C(=O)[C@@H]1CO[Si](c1ccccc1)(c1ccccc1)C(C)(C)C)(c1ccccc1)c1ccccc1. The molecule has 0 bridgehead atoms. The van der Waals surface area contributed by atoms with E-state index in [0.717, 1.165) is 19.3 Å². The molecule has 0 saturated heterocycles. The summed E-state index contributed by atoms with van der Waals surface area (Å²) in [6.45, 7) is 14.9. The van der Waals surface area contributed by atoms with E-state index < -0.39 is 16.6 Å². The van der Waals surface area contributed by atoms with Crippen LogP contribution in [0.1, 0.15) is 60.8 Å². The predicted molar refractivity (Wildman–Crippen MR) is 209 cm³/mol. The van der Waals surface area contributed by atoms with Crippen molar-refractivity contribution in [3.8, 4) is 0 Å². The molecule has 49 heavy (non-hydrogen) atoms. The fourth-order valence-electron chi connectivity index (χ4n) is 8.91. The average molecular weight is 687 g/mol. The summed E-state index contributed by atoms with van der Waals surface area (Å²) >= 11 is 0. The van der Waals surface area contributed by atoms with Gasteiger partial charge in [-0.15, -0.1) is 0 Å². The van der Waals surface area contributed by atoms with Crippen LogP contribution in [0.3, 0.4) is 0 Å². The molecule has 1 saturated carbocycles. The molecule has 256 valence electrons. The molecule has 4 atom stereocenters. The largest absolute Gasteiger partial charge is 0.407 e. The third-order valence-electron chi connectivity index (χ3n) is 11.3. The first-order chi connectivity index (χ1) is 23.5. The topological polar surface area (TPSA) is 35.5 Å². The molecule has 4 aromatic carbocycles. The van der Waals surface area contributed by atoms with Crippen LogP contribution in [0.5, 0.6) is 0 Å². The van der Waals surface area contributed by atoms with Crippen molar-refractivity contribution in [3.05, 3.63) is 133 Å². The number of carbonyl (C=O) groups excluding carboxylic acids is 1. The summed E-state index contributed by atoms with van der Waals surface area (Å²) in [5.74, 6) is 0.624. The first kappa shape index (κ1) is 35.5. The van der Waals surface area contributed by atoms with E-state index in [2.05, 4.69) is 175 Å². The summed E-state index contributed by atoms with van der Waals surface area (Å²) in [7, 11) is -5.61. The molecule has 5 heteroatoms. The zero-order valence-corrected chi connectivity index (χ0v) is 32.3. The van der Waals surface area contributed by atoms with Crippen molar-refractivity contribution in [3.63, 3.8) is 0 Å². The molecule has 6 rings (SSSR count). The van der Waals surface area contributed by atoms with Crippen molar-refractivity contribution in [1.29, 1.82) is 0 Å². The lowest BCUT2D eigenvalue weighted by molar-refractivity contribution is -0.137. The first-order valence-electron chi connectivity index (χ1n) is 18.2. The molecule has 4 aromatic rings. The van der Waals surface area contributed by atoms with Crippen molar-refractivity contribution in [1.82, 2.24) is 0 Å². The lowest BCUT2D eigenvalue weighted by atomic mass is 9.64. The van der Waals surface area contributed by atoms with Crippen LogP contribution in [0, 0.1) is 23.7 Å². The fraction of sp³-hybridized carbons (Fsp3) is 0.386. The molecule has 0 aliphatic heterocycles. The summed E-state index contributed by atoms with van der Waals surface area (Å²) in [5, 5.41) is 4.74. The quantitative estimate of drug-likeness (QED) is 0.126. The highest BCUT2D eigenvalue weighted by molar-refractivity contribution is 7.00. The Morgan fingerprint density at radius 1 is 0.551 bits per heavy atom. The molecule has 0 radical (unpaired) electrons. The minimum absolute atomic E-state index is 0.0573. The van der Waals surface area contributed by atoms with E-state index in [1.54, 1.807) is 0 Å². The number of benzene rings is 4. The van der Waals surface area contributed by atoms with Crippen molar-refractivity contribution in [2.45, 2.75) is 70.9 Å². The molecular weight excluding hydrogens is 633 g/mol. The Bertz CT molecular complexity index is 1610. The van der Waals surface area contributed by atoms with Crippen LogP contribution in [0.15, 0.2) is 133 Å². The monoisotopic (exact) mass is 686 g/mol. The Hall–Kier alpha value is -3.36. The van der Waals surface area contributed by atoms with E-state index in [9.17, 15) is 4.79 Å². The Morgan fingerprint density at radius 3 is 1.31 bits per heavy atom. The van der Waals surface area contributed by atoms with Gasteiger partial charge in [0.25, 0.3) is 16.6 Å². The van der Waals surface area contributed by atoms with Crippen LogP contribution in [0.4, 0.5) is 0 Å². The third-order valence-corrected chi connectivity index (χ3v) is 21.3.